The van der Waals surface area contributed by atoms with Crippen molar-refractivity contribution in [1.29, 1.82) is 0 Å². The zero-order valence-electron chi connectivity index (χ0n) is 15.2. The van der Waals surface area contributed by atoms with Gasteiger partial charge in [0.25, 0.3) is 0 Å². The van der Waals surface area contributed by atoms with Crippen molar-refractivity contribution < 1.29 is 5.11 Å². The van der Waals surface area contributed by atoms with Gasteiger partial charge in [-0.2, -0.15) is 0 Å². The van der Waals surface area contributed by atoms with Gasteiger partial charge in [-0.05, 0) is 50.2 Å². The van der Waals surface area contributed by atoms with Gasteiger partial charge in [-0.1, -0.05) is 6.07 Å². The lowest BCUT2D eigenvalue weighted by atomic mass is 10.1. The molecule has 136 valence electrons. The van der Waals surface area contributed by atoms with Gasteiger partial charge in [0.2, 0.25) is 5.95 Å². The number of anilines is 2. The van der Waals surface area contributed by atoms with Crippen LogP contribution in [0.3, 0.4) is 0 Å². The third-order valence-electron chi connectivity index (χ3n) is 3.81. The Bertz CT molecular complexity index is 860. The number of nitrogens with one attached hydrogen (secondary N) is 1. The fourth-order valence-corrected chi connectivity index (χ4v) is 3.69. The fourth-order valence-electron chi connectivity index (χ4n) is 2.73. The number of nitrogens with zero attached hydrogens (tertiary/aromatic N) is 4. The Balaban J connectivity index is 1.76. The average Bonchev–Trinajstić information content (AvgIpc) is 3.03. The van der Waals surface area contributed by atoms with Crippen LogP contribution in [-0.2, 0) is 6.54 Å². The molecule has 0 spiro atoms. The van der Waals surface area contributed by atoms with E-state index in [2.05, 4.69) is 57.2 Å². The zero-order chi connectivity index (χ0) is 18.5. The fraction of sp³-hybridized carbons (Fsp3) is 0.316. The van der Waals surface area contributed by atoms with Crippen molar-refractivity contribution in [3.8, 4) is 10.7 Å². The SMILES string of the molecule is Cc1cc(C)cc(Nc2nccc(-c3ncc(CN(C)CCO)s3)n2)c1. The Labute approximate surface area is 157 Å². The van der Waals surface area contributed by atoms with E-state index in [9.17, 15) is 0 Å². The van der Waals surface area contributed by atoms with E-state index in [4.69, 9.17) is 5.11 Å². The summed E-state index contributed by atoms with van der Waals surface area (Å²) in [5, 5.41) is 13.1. The zero-order valence-corrected chi connectivity index (χ0v) is 16.0. The van der Waals surface area contributed by atoms with Gasteiger partial charge < -0.3 is 10.4 Å². The number of aryl methyl sites for hydroxylation is 2. The standard InChI is InChI=1S/C19H23N5OS/c1-13-8-14(2)10-15(9-13)22-19-20-5-4-17(23-19)18-21-11-16(26-18)12-24(3)6-7-25/h4-5,8-11,25H,6-7,12H2,1-3H3,(H,20,22,23). The molecule has 0 amide bonds. The monoisotopic (exact) mass is 369 g/mol. The molecule has 0 aliphatic carbocycles. The second kappa shape index (κ2) is 8.35. The maximum absolute atomic E-state index is 9.01. The summed E-state index contributed by atoms with van der Waals surface area (Å²) in [5.74, 6) is 0.557. The normalized spacial score (nSPS) is 11.1. The van der Waals surface area contributed by atoms with E-state index in [1.165, 1.54) is 11.1 Å². The first kappa shape index (κ1) is 18.4. The van der Waals surface area contributed by atoms with E-state index in [-0.39, 0.29) is 6.61 Å². The molecule has 0 atom stereocenters. The van der Waals surface area contributed by atoms with Crippen LogP contribution in [-0.4, -0.2) is 45.2 Å². The Morgan fingerprint density at radius 3 is 2.65 bits per heavy atom. The molecule has 0 radical (unpaired) electrons. The number of aliphatic hydroxyl groups is 1. The Morgan fingerprint density at radius 2 is 1.92 bits per heavy atom. The Morgan fingerprint density at radius 1 is 1.15 bits per heavy atom. The predicted molar refractivity (Wildman–Crippen MR) is 106 cm³/mol. The number of benzene rings is 1. The minimum absolute atomic E-state index is 0.154. The molecular weight excluding hydrogens is 346 g/mol. The Hall–Kier alpha value is -2.35. The summed E-state index contributed by atoms with van der Waals surface area (Å²) in [5.41, 5.74) is 4.17. The van der Waals surface area contributed by atoms with Crippen LogP contribution in [0.5, 0.6) is 0 Å². The van der Waals surface area contributed by atoms with Crippen LogP contribution in [0.4, 0.5) is 11.6 Å². The minimum Gasteiger partial charge on any atom is -0.395 e. The summed E-state index contributed by atoms with van der Waals surface area (Å²) in [4.78, 5) is 16.6. The lowest BCUT2D eigenvalue weighted by Crippen LogP contribution is -2.20. The highest BCUT2D eigenvalue weighted by Gasteiger charge is 2.09. The summed E-state index contributed by atoms with van der Waals surface area (Å²) < 4.78 is 0. The number of aromatic nitrogens is 3. The molecular formula is C19H23N5OS. The van der Waals surface area contributed by atoms with E-state index in [0.29, 0.717) is 12.5 Å². The second-order valence-electron chi connectivity index (χ2n) is 6.36. The molecule has 3 aromatic rings. The molecule has 2 aromatic heterocycles. The smallest absolute Gasteiger partial charge is 0.227 e. The van der Waals surface area contributed by atoms with Crippen LogP contribution in [0.15, 0.2) is 36.7 Å². The highest BCUT2D eigenvalue weighted by Crippen LogP contribution is 2.25. The summed E-state index contributed by atoms with van der Waals surface area (Å²) in [6.45, 7) is 5.70. The first-order valence-electron chi connectivity index (χ1n) is 8.46. The first-order valence-corrected chi connectivity index (χ1v) is 9.28. The van der Waals surface area contributed by atoms with Gasteiger partial charge in [-0.3, -0.25) is 4.90 Å². The largest absolute Gasteiger partial charge is 0.395 e. The van der Waals surface area contributed by atoms with E-state index < -0.39 is 0 Å². The molecule has 7 heteroatoms. The van der Waals surface area contributed by atoms with Crippen LogP contribution in [0.2, 0.25) is 0 Å². The van der Waals surface area contributed by atoms with E-state index in [1.54, 1.807) is 17.5 Å². The second-order valence-corrected chi connectivity index (χ2v) is 7.48. The molecule has 6 nitrogen and oxygen atoms in total. The molecule has 0 saturated carbocycles. The third kappa shape index (κ3) is 4.85. The lowest BCUT2D eigenvalue weighted by Gasteiger charge is -2.12. The topological polar surface area (TPSA) is 74.2 Å². The van der Waals surface area contributed by atoms with E-state index in [0.717, 1.165) is 27.8 Å². The average molecular weight is 369 g/mol. The van der Waals surface area contributed by atoms with Crippen molar-refractivity contribution in [2.45, 2.75) is 20.4 Å². The van der Waals surface area contributed by atoms with Crippen molar-refractivity contribution in [1.82, 2.24) is 19.9 Å². The van der Waals surface area contributed by atoms with Gasteiger partial charge in [0, 0.05) is 36.0 Å². The molecule has 26 heavy (non-hydrogen) atoms. The third-order valence-corrected chi connectivity index (χ3v) is 4.82. The number of hydrogen-bond acceptors (Lipinski definition) is 7. The predicted octanol–water partition coefficient (Wildman–Crippen LogP) is 3.38. The molecule has 0 fully saturated rings. The highest BCUT2D eigenvalue weighted by molar-refractivity contribution is 7.14. The number of thiazole rings is 1. The summed E-state index contributed by atoms with van der Waals surface area (Å²) in [6, 6.07) is 8.14. The lowest BCUT2D eigenvalue weighted by molar-refractivity contribution is 0.218. The maximum Gasteiger partial charge on any atom is 0.227 e. The van der Waals surface area contributed by atoms with E-state index in [1.807, 2.05) is 19.3 Å². The van der Waals surface area contributed by atoms with Crippen molar-refractivity contribution >= 4 is 23.0 Å². The van der Waals surface area contributed by atoms with Crippen molar-refractivity contribution in [2.24, 2.45) is 0 Å². The molecule has 1 aromatic carbocycles. The summed E-state index contributed by atoms with van der Waals surface area (Å²) in [7, 11) is 1.98. The molecule has 2 N–H and O–H groups in total. The van der Waals surface area contributed by atoms with Gasteiger partial charge in [0.1, 0.15) is 10.7 Å². The Kier molecular flexibility index (Phi) is 5.92. The number of hydrogen-bond donors (Lipinski definition) is 2. The molecule has 0 aliphatic rings. The summed E-state index contributed by atoms with van der Waals surface area (Å²) in [6.07, 6.45) is 3.61. The molecule has 0 unspecified atom stereocenters. The maximum atomic E-state index is 9.01. The van der Waals surface area contributed by atoms with Crippen LogP contribution in [0, 0.1) is 13.8 Å². The molecule has 2 heterocycles. The van der Waals surface area contributed by atoms with Gasteiger partial charge in [0.05, 0.1) is 6.61 Å². The van der Waals surface area contributed by atoms with Gasteiger partial charge >= 0.3 is 0 Å². The van der Waals surface area contributed by atoms with Crippen molar-refractivity contribution in [3.63, 3.8) is 0 Å². The van der Waals surface area contributed by atoms with Crippen LogP contribution < -0.4 is 5.32 Å². The van der Waals surface area contributed by atoms with Crippen LogP contribution in [0.1, 0.15) is 16.0 Å². The highest BCUT2D eigenvalue weighted by atomic mass is 32.1. The van der Waals surface area contributed by atoms with Gasteiger partial charge in [0.15, 0.2) is 0 Å². The molecule has 3 rings (SSSR count). The first-order chi connectivity index (χ1) is 12.5. The number of aliphatic hydroxyl groups excluding tert-OH is 1. The van der Waals surface area contributed by atoms with Gasteiger partial charge in [-0.25, -0.2) is 15.0 Å². The van der Waals surface area contributed by atoms with Crippen LogP contribution >= 0.6 is 11.3 Å². The summed E-state index contributed by atoms with van der Waals surface area (Å²) >= 11 is 1.61. The van der Waals surface area contributed by atoms with E-state index >= 15 is 0 Å². The van der Waals surface area contributed by atoms with Crippen LogP contribution in [0.25, 0.3) is 10.7 Å². The molecule has 0 bridgehead atoms. The molecule has 0 aliphatic heterocycles. The number of likely N-dealkylation sites (N-methyl/N-ethyl adjacent to an activating group) is 1. The van der Waals surface area contributed by atoms with Crippen molar-refractivity contribution in [2.75, 3.05) is 25.5 Å². The minimum atomic E-state index is 0.154. The van der Waals surface area contributed by atoms with Gasteiger partial charge in [-0.15, -0.1) is 11.3 Å². The number of rotatable bonds is 7. The quantitative estimate of drug-likeness (QED) is 0.665. The van der Waals surface area contributed by atoms with Crippen molar-refractivity contribution in [3.05, 3.63) is 52.7 Å². The molecule has 0 saturated heterocycles.